The molecule has 0 atom stereocenters. The van der Waals surface area contributed by atoms with E-state index in [0.717, 1.165) is 5.56 Å². The van der Waals surface area contributed by atoms with Gasteiger partial charge >= 0.3 is 0 Å². The van der Waals surface area contributed by atoms with Gasteiger partial charge in [-0.2, -0.15) is 5.26 Å². The molecule has 0 saturated carbocycles. The Morgan fingerprint density at radius 1 is 1.50 bits per heavy atom. The van der Waals surface area contributed by atoms with Gasteiger partial charge in [0.05, 0.1) is 11.5 Å². The predicted molar refractivity (Wildman–Crippen MR) is 56.8 cm³/mol. The molecule has 0 unspecified atom stereocenters. The van der Waals surface area contributed by atoms with Crippen molar-refractivity contribution in [2.45, 2.75) is 19.3 Å². The first-order valence-corrected chi connectivity index (χ1v) is 4.38. The lowest BCUT2D eigenvalue weighted by atomic mass is 9.85. The van der Waals surface area contributed by atoms with Crippen LogP contribution in [0.1, 0.15) is 25.0 Å². The third kappa shape index (κ3) is 1.77. The third-order valence-corrected chi connectivity index (χ3v) is 2.21. The molecule has 72 valence electrons. The Labute approximate surface area is 84.1 Å². The number of hydrogen-bond donors (Lipinski definition) is 1. The molecule has 0 aliphatic heterocycles. The van der Waals surface area contributed by atoms with Gasteiger partial charge in [-0.1, -0.05) is 18.7 Å². The number of nitriles is 1. The van der Waals surface area contributed by atoms with E-state index >= 15 is 0 Å². The molecule has 2 nitrogen and oxygen atoms in total. The van der Waals surface area contributed by atoms with Crippen LogP contribution in [0.25, 0.3) is 6.08 Å². The van der Waals surface area contributed by atoms with Crippen molar-refractivity contribution in [1.82, 2.24) is 0 Å². The molecule has 14 heavy (non-hydrogen) atoms. The van der Waals surface area contributed by atoms with E-state index in [9.17, 15) is 5.11 Å². The van der Waals surface area contributed by atoms with Crippen molar-refractivity contribution in [1.29, 1.82) is 5.26 Å². The van der Waals surface area contributed by atoms with Gasteiger partial charge in [-0.25, -0.2) is 0 Å². The second kappa shape index (κ2) is 3.55. The molecule has 1 aromatic carbocycles. The summed E-state index contributed by atoms with van der Waals surface area (Å²) in [6.45, 7) is 7.19. The number of aromatic hydroxyl groups is 1. The minimum Gasteiger partial charge on any atom is -0.508 e. The molecular formula is C12H13NO. The Bertz CT molecular complexity index is 399. The maximum Gasteiger partial charge on any atom is 0.120 e. The molecule has 0 radical (unpaired) electrons. The van der Waals surface area contributed by atoms with Gasteiger partial charge in [0.1, 0.15) is 5.75 Å². The smallest absolute Gasteiger partial charge is 0.120 e. The molecule has 0 heterocycles. The number of phenolic OH excluding ortho intramolecular Hbond substituents is 1. The van der Waals surface area contributed by atoms with Gasteiger partial charge in [0, 0.05) is 5.56 Å². The maximum atomic E-state index is 9.61. The van der Waals surface area contributed by atoms with Crippen molar-refractivity contribution in [2.24, 2.45) is 0 Å². The summed E-state index contributed by atoms with van der Waals surface area (Å²) < 4.78 is 0. The number of nitrogens with zero attached hydrogens (tertiary/aromatic N) is 1. The summed E-state index contributed by atoms with van der Waals surface area (Å²) in [6, 6.07) is 7.29. The fourth-order valence-corrected chi connectivity index (χ4v) is 1.24. The van der Waals surface area contributed by atoms with Crippen molar-refractivity contribution in [3.05, 3.63) is 35.9 Å². The number of benzene rings is 1. The molecule has 0 bridgehead atoms. The molecule has 1 aromatic rings. The van der Waals surface area contributed by atoms with E-state index in [1.165, 1.54) is 0 Å². The van der Waals surface area contributed by atoms with E-state index < -0.39 is 5.41 Å². The van der Waals surface area contributed by atoms with Crippen molar-refractivity contribution >= 4 is 6.08 Å². The van der Waals surface area contributed by atoms with Crippen LogP contribution in [0.5, 0.6) is 5.75 Å². The van der Waals surface area contributed by atoms with Crippen LogP contribution in [0.15, 0.2) is 24.8 Å². The average molecular weight is 187 g/mol. The van der Waals surface area contributed by atoms with Crippen LogP contribution < -0.4 is 0 Å². The average Bonchev–Trinajstić information content (AvgIpc) is 2.18. The Balaban J connectivity index is 3.34. The monoisotopic (exact) mass is 187 g/mol. The first kappa shape index (κ1) is 10.3. The number of hydrogen-bond acceptors (Lipinski definition) is 2. The van der Waals surface area contributed by atoms with E-state index in [1.807, 2.05) is 0 Å². The zero-order valence-electron chi connectivity index (χ0n) is 8.41. The minimum atomic E-state index is -0.677. The molecular weight excluding hydrogens is 174 g/mol. The lowest BCUT2D eigenvalue weighted by molar-refractivity contribution is 0.457. The van der Waals surface area contributed by atoms with Gasteiger partial charge in [0.15, 0.2) is 0 Å². The van der Waals surface area contributed by atoms with E-state index in [1.54, 1.807) is 38.1 Å². The third-order valence-electron chi connectivity index (χ3n) is 2.21. The van der Waals surface area contributed by atoms with E-state index in [-0.39, 0.29) is 5.75 Å². The highest BCUT2D eigenvalue weighted by Gasteiger charge is 2.23. The predicted octanol–water partition coefficient (Wildman–Crippen LogP) is 2.84. The Morgan fingerprint density at radius 2 is 2.14 bits per heavy atom. The summed E-state index contributed by atoms with van der Waals surface area (Å²) in [5, 5.41) is 18.6. The lowest BCUT2D eigenvalue weighted by Crippen LogP contribution is -2.14. The van der Waals surface area contributed by atoms with Crippen LogP contribution >= 0.6 is 0 Å². The van der Waals surface area contributed by atoms with Crippen LogP contribution in [0.4, 0.5) is 0 Å². The summed E-state index contributed by atoms with van der Waals surface area (Å²) >= 11 is 0. The Kier molecular flexibility index (Phi) is 2.62. The van der Waals surface area contributed by atoms with Crippen LogP contribution in [0, 0.1) is 11.3 Å². The Morgan fingerprint density at radius 3 is 2.64 bits per heavy atom. The maximum absolute atomic E-state index is 9.61. The molecule has 0 amide bonds. The van der Waals surface area contributed by atoms with Crippen LogP contribution in [-0.4, -0.2) is 5.11 Å². The van der Waals surface area contributed by atoms with Gasteiger partial charge in [0.2, 0.25) is 0 Å². The summed E-state index contributed by atoms with van der Waals surface area (Å²) in [5.41, 5.74) is 0.863. The topological polar surface area (TPSA) is 44.0 Å². The van der Waals surface area contributed by atoms with E-state index in [2.05, 4.69) is 12.6 Å². The minimum absolute atomic E-state index is 0.155. The molecule has 0 spiro atoms. The van der Waals surface area contributed by atoms with Gasteiger partial charge < -0.3 is 5.11 Å². The van der Waals surface area contributed by atoms with E-state index in [4.69, 9.17) is 5.26 Å². The molecule has 2 heteroatoms. The molecule has 0 aliphatic carbocycles. The second-order valence-corrected chi connectivity index (χ2v) is 3.72. The van der Waals surface area contributed by atoms with E-state index in [0.29, 0.717) is 5.56 Å². The van der Waals surface area contributed by atoms with Crippen molar-refractivity contribution in [3.63, 3.8) is 0 Å². The van der Waals surface area contributed by atoms with Crippen molar-refractivity contribution in [3.8, 4) is 11.8 Å². The largest absolute Gasteiger partial charge is 0.508 e. The molecule has 1 N–H and O–H groups in total. The summed E-state index contributed by atoms with van der Waals surface area (Å²) in [5.74, 6) is 0.155. The quantitative estimate of drug-likeness (QED) is 0.773. The fraction of sp³-hybridized carbons (Fsp3) is 0.250. The molecule has 0 aromatic heterocycles. The highest BCUT2D eigenvalue weighted by Crippen LogP contribution is 2.31. The fourth-order valence-electron chi connectivity index (χ4n) is 1.24. The highest BCUT2D eigenvalue weighted by molar-refractivity contribution is 5.54. The van der Waals surface area contributed by atoms with Gasteiger partial charge in [-0.05, 0) is 31.5 Å². The highest BCUT2D eigenvalue weighted by atomic mass is 16.3. The molecule has 0 aliphatic rings. The lowest BCUT2D eigenvalue weighted by Gasteiger charge is -2.17. The second-order valence-electron chi connectivity index (χ2n) is 3.72. The zero-order valence-corrected chi connectivity index (χ0v) is 8.41. The van der Waals surface area contributed by atoms with Gasteiger partial charge in [-0.3, -0.25) is 0 Å². The van der Waals surface area contributed by atoms with Crippen molar-refractivity contribution < 1.29 is 5.11 Å². The first-order chi connectivity index (χ1) is 6.51. The van der Waals surface area contributed by atoms with Crippen LogP contribution in [0.2, 0.25) is 0 Å². The number of phenols is 1. The summed E-state index contributed by atoms with van der Waals surface area (Å²) in [7, 11) is 0. The van der Waals surface area contributed by atoms with Gasteiger partial charge in [0.25, 0.3) is 0 Å². The van der Waals surface area contributed by atoms with Crippen LogP contribution in [-0.2, 0) is 5.41 Å². The molecule has 1 rings (SSSR count). The molecule has 0 saturated heterocycles. The van der Waals surface area contributed by atoms with Gasteiger partial charge in [-0.15, -0.1) is 0 Å². The zero-order chi connectivity index (χ0) is 10.8. The summed E-state index contributed by atoms with van der Waals surface area (Å²) in [4.78, 5) is 0. The Hall–Kier alpha value is -1.75. The number of rotatable bonds is 2. The SMILES string of the molecule is C=Cc1ccc(O)c(C(C)(C)C#N)c1. The van der Waals surface area contributed by atoms with Crippen molar-refractivity contribution in [2.75, 3.05) is 0 Å². The standard InChI is InChI=1S/C12H13NO/c1-4-9-5-6-11(14)10(7-9)12(2,3)8-13/h4-7,14H,1H2,2-3H3. The summed E-state index contributed by atoms with van der Waals surface area (Å²) in [6.07, 6.45) is 1.69. The normalized spacial score (nSPS) is 10.6. The first-order valence-electron chi connectivity index (χ1n) is 4.38. The molecule has 0 fully saturated rings. The van der Waals surface area contributed by atoms with Crippen LogP contribution in [0.3, 0.4) is 0 Å².